The normalized spacial score (nSPS) is 17.4. The SMILES string of the molecule is CCCOc1ccc(C2(CCC)OCCO2)c(CC)c1. The standard InChI is InChI=1S/C17H26O3/c1-4-9-17(19-11-12-20-17)16-8-7-15(18-10-5-2)13-14(16)6-3/h7-8,13H,4-6,9-12H2,1-3H3. The first-order valence-electron chi connectivity index (χ1n) is 7.79. The number of hydrogen-bond donors (Lipinski definition) is 0. The Bertz CT molecular complexity index is 422. The van der Waals surface area contributed by atoms with Gasteiger partial charge in [0.05, 0.1) is 19.8 Å². The number of aryl methyl sites for hydroxylation is 1. The molecule has 0 aromatic heterocycles. The summed E-state index contributed by atoms with van der Waals surface area (Å²) in [5.41, 5.74) is 2.43. The number of hydrogen-bond acceptors (Lipinski definition) is 3. The molecule has 1 fully saturated rings. The lowest BCUT2D eigenvalue weighted by Crippen LogP contribution is -2.28. The van der Waals surface area contributed by atoms with Gasteiger partial charge in [-0.2, -0.15) is 0 Å². The van der Waals surface area contributed by atoms with Gasteiger partial charge in [0.25, 0.3) is 0 Å². The van der Waals surface area contributed by atoms with Crippen LogP contribution in [-0.4, -0.2) is 19.8 Å². The van der Waals surface area contributed by atoms with Gasteiger partial charge < -0.3 is 14.2 Å². The van der Waals surface area contributed by atoms with E-state index in [1.807, 2.05) is 6.07 Å². The molecule has 112 valence electrons. The second-order valence-electron chi connectivity index (χ2n) is 5.22. The number of rotatable bonds is 7. The third-order valence-electron chi connectivity index (χ3n) is 3.67. The van der Waals surface area contributed by atoms with Gasteiger partial charge in [-0.25, -0.2) is 0 Å². The Morgan fingerprint density at radius 3 is 2.45 bits per heavy atom. The molecular formula is C17H26O3. The van der Waals surface area contributed by atoms with E-state index in [2.05, 4.69) is 32.9 Å². The largest absolute Gasteiger partial charge is 0.494 e. The van der Waals surface area contributed by atoms with Crippen LogP contribution >= 0.6 is 0 Å². The van der Waals surface area contributed by atoms with Crippen molar-refractivity contribution in [1.29, 1.82) is 0 Å². The maximum absolute atomic E-state index is 5.97. The summed E-state index contributed by atoms with van der Waals surface area (Å²) in [4.78, 5) is 0. The Kier molecular flexibility index (Phi) is 5.44. The number of benzene rings is 1. The van der Waals surface area contributed by atoms with Gasteiger partial charge in [0.2, 0.25) is 0 Å². The maximum Gasteiger partial charge on any atom is 0.195 e. The summed E-state index contributed by atoms with van der Waals surface area (Å²) in [6, 6.07) is 6.28. The summed E-state index contributed by atoms with van der Waals surface area (Å²) >= 11 is 0. The fourth-order valence-electron chi connectivity index (χ4n) is 2.76. The molecule has 3 heteroatoms. The van der Waals surface area contributed by atoms with Crippen molar-refractivity contribution in [3.63, 3.8) is 0 Å². The first kappa shape index (κ1) is 15.3. The van der Waals surface area contributed by atoms with Crippen molar-refractivity contribution >= 4 is 0 Å². The average Bonchev–Trinajstić information content (AvgIpc) is 2.94. The zero-order valence-corrected chi connectivity index (χ0v) is 12.9. The summed E-state index contributed by atoms with van der Waals surface area (Å²) < 4.78 is 17.7. The minimum atomic E-state index is -0.538. The van der Waals surface area contributed by atoms with Gasteiger partial charge in [0, 0.05) is 12.0 Å². The Hall–Kier alpha value is -1.06. The summed E-state index contributed by atoms with van der Waals surface area (Å²) in [6.07, 6.45) is 3.92. The van der Waals surface area contributed by atoms with Crippen LogP contribution in [0.5, 0.6) is 5.75 Å². The predicted molar refractivity (Wildman–Crippen MR) is 80.1 cm³/mol. The van der Waals surface area contributed by atoms with E-state index >= 15 is 0 Å². The van der Waals surface area contributed by atoms with Crippen LogP contribution in [0.2, 0.25) is 0 Å². The lowest BCUT2D eigenvalue weighted by atomic mass is 9.94. The second kappa shape index (κ2) is 7.09. The topological polar surface area (TPSA) is 27.7 Å². The highest BCUT2D eigenvalue weighted by molar-refractivity contribution is 5.38. The maximum atomic E-state index is 5.97. The van der Waals surface area contributed by atoms with Crippen molar-refractivity contribution in [1.82, 2.24) is 0 Å². The molecule has 1 aromatic rings. The molecule has 0 spiro atoms. The molecule has 0 aliphatic carbocycles. The Labute approximate surface area is 122 Å². The van der Waals surface area contributed by atoms with E-state index in [4.69, 9.17) is 14.2 Å². The van der Waals surface area contributed by atoms with Crippen molar-refractivity contribution in [3.8, 4) is 5.75 Å². The highest BCUT2D eigenvalue weighted by Gasteiger charge is 2.39. The van der Waals surface area contributed by atoms with Crippen LogP contribution < -0.4 is 4.74 Å². The quantitative estimate of drug-likeness (QED) is 0.753. The Balaban J connectivity index is 2.29. The molecule has 0 saturated carbocycles. The van der Waals surface area contributed by atoms with E-state index in [1.54, 1.807) is 0 Å². The molecule has 3 nitrogen and oxygen atoms in total. The third kappa shape index (κ3) is 3.15. The molecule has 2 rings (SSSR count). The molecule has 0 amide bonds. The third-order valence-corrected chi connectivity index (χ3v) is 3.67. The minimum Gasteiger partial charge on any atom is -0.494 e. The van der Waals surface area contributed by atoms with Gasteiger partial charge in [-0.1, -0.05) is 27.2 Å². The van der Waals surface area contributed by atoms with E-state index in [9.17, 15) is 0 Å². The van der Waals surface area contributed by atoms with Crippen LogP contribution in [-0.2, 0) is 21.7 Å². The highest BCUT2D eigenvalue weighted by Crippen LogP contribution is 2.39. The zero-order chi connectivity index (χ0) is 14.4. The molecule has 20 heavy (non-hydrogen) atoms. The van der Waals surface area contributed by atoms with Crippen LogP contribution in [0.3, 0.4) is 0 Å². The van der Waals surface area contributed by atoms with Gasteiger partial charge in [-0.15, -0.1) is 0 Å². The van der Waals surface area contributed by atoms with Gasteiger partial charge in [-0.3, -0.25) is 0 Å². The summed E-state index contributed by atoms with van der Waals surface area (Å²) in [5, 5.41) is 0. The van der Waals surface area contributed by atoms with Crippen molar-refractivity contribution in [2.45, 2.75) is 52.2 Å². The number of ether oxygens (including phenoxy) is 3. The molecule has 0 unspecified atom stereocenters. The van der Waals surface area contributed by atoms with Gasteiger partial charge >= 0.3 is 0 Å². The van der Waals surface area contributed by atoms with E-state index < -0.39 is 5.79 Å². The van der Waals surface area contributed by atoms with Gasteiger partial charge in [-0.05, 0) is 36.6 Å². The summed E-state index contributed by atoms with van der Waals surface area (Å²) in [6.45, 7) is 8.56. The van der Waals surface area contributed by atoms with Crippen LogP contribution in [0.1, 0.15) is 51.2 Å². The second-order valence-corrected chi connectivity index (χ2v) is 5.22. The Morgan fingerprint density at radius 1 is 1.10 bits per heavy atom. The molecular weight excluding hydrogens is 252 g/mol. The molecule has 1 aliphatic rings. The smallest absolute Gasteiger partial charge is 0.195 e. The fraction of sp³-hybridized carbons (Fsp3) is 0.647. The highest BCUT2D eigenvalue weighted by atomic mass is 16.7. The summed E-state index contributed by atoms with van der Waals surface area (Å²) in [5.74, 6) is 0.403. The summed E-state index contributed by atoms with van der Waals surface area (Å²) in [7, 11) is 0. The molecule has 1 heterocycles. The van der Waals surface area contributed by atoms with E-state index in [0.717, 1.165) is 38.0 Å². The molecule has 1 aromatic carbocycles. The van der Waals surface area contributed by atoms with Crippen molar-refractivity contribution in [3.05, 3.63) is 29.3 Å². The van der Waals surface area contributed by atoms with Crippen LogP contribution in [0, 0.1) is 0 Å². The molecule has 1 saturated heterocycles. The molecule has 1 aliphatic heterocycles. The molecule has 0 atom stereocenters. The lowest BCUT2D eigenvalue weighted by Gasteiger charge is -2.29. The molecule has 0 N–H and O–H groups in total. The van der Waals surface area contributed by atoms with Crippen LogP contribution in [0.15, 0.2) is 18.2 Å². The van der Waals surface area contributed by atoms with E-state index in [1.165, 1.54) is 11.1 Å². The van der Waals surface area contributed by atoms with E-state index in [-0.39, 0.29) is 0 Å². The Morgan fingerprint density at radius 2 is 1.85 bits per heavy atom. The average molecular weight is 278 g/mol. The molecule has 0 radical (unpaired) electrons. The zero-order valence-electron chi connectivity index (χ0n) is 12.9. The van der Waals surface area contributed by atoms with Crippen molar-refractivity contribution < 1.29 is 14.2 Å². The molecule has 0 bridgehead atoms. The first-order chi connectivity index (χ1) is 9.75. The minimum absolute atomic E-state index is 0.538. The van der Waals surface area contributed by atoms with Crippen molar-refractivity contribution in [2.24, 2.45) is 0 Å². The van der Waals surface area contributed by atoms with Crippen molar-refractivity contribution in [2.75, 3.05) is 19.8 Å². The van der Waals surface area contributed by atoms with Gasteiger partial charge in [0.1, 0.15) is 5.75 Å². The van der Waals surface area contributed by atoms with Crippen LogP contribution in [0.25, 0.3) is 0 Å². The first-order valence-corrected chi connectivity index (χ1v) is 7.79. The fourth-order valence-corrected chi connectivity index (χ4v) is 2.76. The predicted octanol–water partition coefficient (Wildman–Crippen LogP) is 4.04. The van der Waals surface area contributed by atoms with Gasteiger partial charge in [0.15, 0.2) is 5.79 Å². The van der Waals surface area contributed by atoms with Crippen LogP contribution in [0.4, 0.5) is 0 Å². The van der Waals surface area contributed by atoms with E-state index in [0.29, 0.717) is 13.2 Å². The monoisotopic (exact) mass is 278 g/mol. The lowest BCUT2D eigenvalue weighted by molar-refractivity contribution is -0.171.